The van der Waals surface area contributed by atoms with Crippen molar-refractivity contribution in [2.75, 3.05) is 24.6 Å². The zero-order valence-corrected chi connectivity index (χ0v) is 18.8. The molecular formula is C23H21FN4O5S. The summed E-state index contributed by atoms with van der Waals surface area (Å²) < 4.78 is 22.0. The molecule has 1 N–H and O–H groups in total. The molecule has 9 nitrogen and oxygen atoms in total. The number of rotatable bonds is 7. The SMILES string of the molecule is O=C(O)c1cn(-c2nccs2)c2nc(N3CC(C(=O)CCC4CC=CCO4)C3)c(F)cc2c1=O. The molecule has 0 aliphatic carbocycles. The maximum Gasteiger partial charge on any atom is 0.341 e. The van der Waals surface area contributed by atoms with Crippen LogP contribution in [0.25, 0.3) is 16.2 Å². The summed E-state index contributed by atoms with van der Waals surface area (Å²) in [5.74, 6) is -2.25. The molecule has 5 rings (SSSR count). The van der Waals surface area contributed by atoms with Crippen molar-refractivity contribution in [3.8, 4) is 5.13 Å². The Morgan fingerprint density at radius 2 is 2.12 bits per heavy atom. The molecule has 1 saturated heterocycles. The van der Waals surface area contributed by atoms with Crippen molar-refractivity contribution in [2.24, 2.45) is 5.92 Å². The van der Waals surface area contributed by atoms with Gasteiger partial charge in [-0.05, 0) is 18.9 Å². The number of carbonyl (C=O) groups is 2. The topological polar surface area (TPSA) is 115 Å². The van der Waals surface area contributed by atoms with Crippen molar-refractivity contribution in [3.63, 3.8) is 0 Å². The van der Waals surface area contributed by atoms with Gasteiger partial charge in [0.05, 0.1) is 24.0 Å². The first-order chi connectivity index (χ1) is 16.4. The summed E-state index contributed by atoms with van der Waals surface area (Å²) in [6.07, 6.45) is 8.65. The van der Waals surface area contributed by atoms with Crippen LogP contribution in [0.3, 0.4) is 0 Å². The molecule has 1 atom stereocenters. The summed E-state index contributed by atoms with van der Waals surface area (Å²) in [6, 6.07) is 1.01. The van der Waals surface area contributed by atoms with Gasteiger partial charge in [-0.1, -0.05) is 12.2 Å². The van der Waals surface area contributed by atoms with Crippen LogP contribution in [0.4, 0.5) is 10.2 Å². The summed E-state index contributed by atoms with van der Waals surface area (Å²) >= 11 is 1.23. The molecule has 3 aromatic rings. The fourth-order valence-electron chi connectivity index (χ4n) is 4.21. The summed E-state index contributed by atoms with van der Waals surface area (Å²) in [5.41, 5.74) is -1.20. The van der Waals surface area contributed by atoms with E-state index in [0.717, 1.165) is 18.7 Å². The normalized spacial score (nSPS) is 18.3. The number of ketones is 1. The Kier molecular flexibility index (Phi) is 5.96. The number of Topliss-reactive ketones (excluding diaryl/α,β-unsaturated/α-hetero) is 1. The number of carboxylic acid groups (broad SMARTS) is 1. The minimum atomic E-state index is -1.42. The zero-order chi connectivity index (χ0) is 23.8. The van der Waals surface area contributed by atoms with E-state index in [1.807, 2.05) is 6.08 Å². The highest BCUT2D eigenvalue weighted by Crippen LogP contribution is 2.30. The third-order valence-corrected chi connectivity index (χ3v) is 6.88. The Morgan fingerprint density at radius 1 is 1.29 bits per heavy atom. The van der Waals surface area contributed by atoms with Crippen molar-refractivity contribution >= 4 is 39.9 Å². The fraction of sp³-hybridized carbons (Fsp3) is 0.348. The lowest BCUT2D eigenvalue weighted by Crippen LogP contribution is -2.51. The van der Waals surface area contributed by atoms with Gasteiger partial charge in [0.15, 0.2) is 22.4 Å². The Hall–Kier alpha value is -3.44. The van der Waals surface area contributed by atoms with E-state index in [9.17, 15) is 23.9 Å². The van der Waals surface area contributed by atoms with Crippen LogP contribution in [0.5, 0.6) is 0 Å². The van der Waals surface area contributed by atoms with E-state index in [4.69, 9.17) is 4.74 Å². The number of ether oxygens (including phenoxy) is 1. The molecule has 5 heterocycles. The largest absolute Gasteiger partial charge is 0.477 e. The Bertz CT molecular complexity index is 1350. The molecule has 34 heavy (non-hydrogen) atoms. The molecule has 1 fully saturated rings. The number of halogens is 1. The summed E-state index contributed by atoms with van der Waals surface area (Å²) in [4.78, 5) is 47.0. The number of carboxylic acids is 1. The molecule has 2 aliphatic heterocycles. The van der Waals surface area contributed by atoms with Crippen LogP contribution in [0.1, 0.15) is 29.6 Å². The molecular weight excluding hydrogens is 463 g/mol. The van der Waals surface area contributed by atoms with Crippen LogP contribution < -0.4 is 10.3 Å². The number of hydrogen-bond acceptors (Lipinski definition) is 8. The van der Waals surface area contributed by atoms with E-state index in [1.165, 1.54) is 22.1 Å². The quantitative estimate of drug-likeness (QED) is 0.509. The van der Waals surface area contributed by atoms with Gasteiger partial charge in [0, 0.05) is 37.3 Å². The molecule has 176 valence electrons. The smallest absolute Gasteiger partial charge is 0.341 e. The van der Waals surface area contributed by atoms with Gasteiger partial charge < -0.3 is 14.7 Å². The van der Waals surface area contributed by atoms with Gasteiger partial charge in [0.2, 0.25) is 5.43 Å². The highest BCUT2D eigenvalue weighted by Gasteiger charge is 2.35. The number of pyridine rings is 2. The second-order valence-corrected chi connectivity index (χ2v) is 9.17. The molecule has 0 radical (unpaired) electrons. The number of fused-ring (bicyclic) bond motifs is 1. The number of nitrogens with zero attached hydrogens (tertiary/aromatic N) is 4. The van der Waals surface area contributed by atoms with Crippen LogP contribution in [-0.4, -0.2) is 57.2 Å². The van der Waals surface area contributed by atoms with Crippen molar-refractivity contribution in [3.05, 3.63) is 57.6 Å². The lowest BCUT2D eigenvalue weighted by Gasteiger charge is -2.39. The third-order valence-electron chi connectivity index (χ3n) is 6.11. The minimum absolute atomic E-state index is 0.0186. The Labute approximate surface area is 197 Å². The zero-order valence-electron chi connectivity index (χ0n) is 18.0. The van der Waals surface area contributed by atoms with Crippen LogP contribution in [0, 0.1) is 11.7 Å². The van der Waals surface area contributed by atoms with E-state index in [-0.39, 0.29) is 34.7 Å². The maximum absolute atomic E-state index is 15.0. The van der Waals surface area contributed by atoms with Crippen molar-refractivity contribution in [2.45, 2.75) is 25.4 Å². The number of thiazole rings is 1. The summed E-state index contributed by atoms with van der Waals surface area (Å²) in [6.45, 7) is 1.23. The second kappa shape index (κ2) is 9.07. The number of aromatic carboxylic acids is 1. The van der Waals surface area contributed by atoms with Crippen LogP contribution in [0.2, 0.25) is 0 Å². The number of carbonyl (C=O) groups excluding carboxylic acids is 1. The molecule has 2 aliphatic rings. The van der Waals surface area contributed by atoms with E-state index < -0.39 is 22.8 Å². The second-order valence-electron chi connectivity index (χ2n) is 8.30. The molecule has 1 unspecified atom stereocenters. The lowest BCUT2D eigenvalue weighted by molar-refractivity contribution is -0.124. The van der Waals surface area contributed by atoms with Crippen LogP contribution in [-0.2, 0) is 9.53 Å². The standard InChI is InChI=1S/C23H21FN4O5S/c24-17-9-15-19(30)16(22(31)32)12-28(23-25-6-8-34-23)20(15)26-21(17)27-10-13(11-27)18(29)5-4-14-3-1-2-7-33-14/h1-2,6,8-9,12-14H,3-5,7,10-11H2,(H,31,32). The highest BCUT2D eigenvalue weighted by atomic mass is 32.1. The molecule has 0 spiro atoms. The van der Waals surface area contributed by atoms with E-state index in [2.05, 4.69) is 16.0 Å². The Morgan fingerprint density at radius 3 is 2.79 bits per heavy atom. The number of aromatic nitrogens is 3. The van der Waals surface area contributed by atoms with Crippen LogP contribution >= 0.6 is 11.3 Å². The van der Waals surface area contributed by atoms with E-state index in [1.54, 1.807) is 10.3 Å². The van der Waals surface area contributed by atoms with Gasteiger partial charge >= 0.3 is 5.97 Å². The van der Waals surface area contributed by atoms with Gasteiger partial charge in [0.25, 0.3) is 0 Å². The van der Waals surface area contributed by atoms with Gasteiger partial charge in [-0.2, -0.15) is 0 Å². The predicted molar refractivity (Wildman–Crippen MR) is 123 cm³/mol. The van der Waals surface area contributed by atoms with Gasteiger partial charge in [-0.15, -0.1) is 11.3 Å². The molecule has 0 saturated carbocycles. The van der Waals surface area contributed by atoms with Crippen molar-refractivity contribution in [1.29, 1.82) is 0 Å². The minimum Gasteiger partial charge on any atom is -0.477 e. The summed E-state index contributed by atoms with van der Waals surface area (Å²) in [5, 5.41) is 11.4. The molecule has 3 aromatic heterocycles. The first kappa shape index (κ1) is 22.4. The first-order valence-electron chi connectivity index (χ1n) is 10.9. The van der Waals surface area contributed by atoms with E-state index in [0.29, 0.717) is 37.7 Å². The monoisotopic (exact) mass is 484 g/mol. The van der Waals surface area contributed by atoms with Crippen molar-refractivity contribution < 1.29 is 23.8 Å². The van der Waals surface area contributed by atoms with Gasteiger partial charge in [-0.25, -0.2) is 19.2 Å². The highest BCUT2D eigenvalue weighted by molar-refractivity contribution is 7.12. The van der Waals surface area contributed by atoms with Gasteiger partial charge in [-0.3, -0.25) is 14.2 Å². The molecule has 0 bridgehead atoms. The molecule has 0 aromatic carbocycles. The van der Waals surface area contributed by atoms with Crippen LogP contribution in [0.15, 0.2) is 40.8 Å². The number of hydrogen-bond donors (Lipinski definition) is 1. The van der Waals surface area contributed by atoms with E-state index >= 15 is 0 Å². The lowest BCUT2D eigenvalue weighted by atomic mass is 9.91. The fourth-order valence-corrected chi connectivity index (χ4v) is 4.83. The maximum atomic E-state index is 15.0. The Balaban J connectivity index is 1.39. The van der Waals surface area contributed by atoms with Gasteiger partial charge in [0.1, 0.15) is 11.3 Å². The molecule has 11 heteroatoms. The average Bonchev–Trinajstić information content (AvgIpc) is 3.33. The summed E-state index contributed by atoms with van der Waals surface area (Å²) in [7, 11) is 0. The third kappa shape index (κ3) is 4.12. The average molecular weight is 485 g/mol. The predicted octanol–water partition coefficient (Wildman–Crippen LogP) is 2.81. The molecule has 0 amide bonds. The number of anilines is 1. The van der Waals surface area contributed by atoms with Crippen molar-refractivity contribution in [1.82, 2.24) is 14.5 Å². The first-order valence-corrected chi connectivity index (χ1v) is 11.7.